The summed E-state index contributed by atoms with van der Waals surface area (Å²) in [7, 11) is 0. The van der Waals surface area contributed by atoms with E-state index in [-0.39, 0.29) is 22.5 Å². The zero-order chi connectivity index (χ0) is 18.7. The van der Waals surface area contributed by atoms with Crippen molar-refractivity contribution in [3.05, 3.63) is 68.6 Å². The van der Waals surface area contributed by atoms with Crippen LogP contribution in [0.3, 0.4) is 0 Å². The Bertz CT molecular complexity index is 918. The highest BCUT2D eigenvalue weighted by Crippen LogP contribution is 2.28. The van der Waals surface area contributed by atoms with E-state index in [9.17, 15) is 9.59 Å². The first-order valence-electron chi connectivity index (χ1n) is 8.62. The average molecular weight is 373 g/mol. The number of hydrogen-bond donors (Lipinski definition) is 2. The number of aromatic nitrogens is 1. The molecule has 1 aromatic heterocycles. The molecule has 1 fully saturated rings. The number of pyridine rings is 1. The van der Waals surface area contributed by atoms with E-state index in [4.69, 9.17) is 16.3 Å². The third-order valence-electron chi connectivity index (χ3n) is 4.33. The zero-order valence-electron chi connectivity index (χ0n) is 14.8. The maximum absolute atomic E-state index is 12.0. The van der Waals surface area contributed by atoms with Crippen molar-refractivity contribution in [1.82, 2.24) is 10.3 Å². The lowest BCUT2D eigenvalue weighted by atomic mass is 9.97. The summed E-state index contributed by atoms with van der Waals surface area (Å²) in [5, 5.41) is 3.08. The second kappa shape index (κ2) is 7.79. The molecule has 1 aliphatic rings. The molecule has 0 saturated carbocycles. The minimum atomic E-state index is -0.340. The molecule has 0 bridgehead atoms. The summed E-state index contributed by atoms with van der Waals surface area (Å²) in [5.74, 6) is 0.868. The van der Waals surface area contributed by atoms with E-state index >= 15 is 0 Å². The smallest absolute Gasteiger partial charge is 0.267 e. The van der Waals surface area contributed by atoms with Gasteiger partial charge in [-0.05, 0) is 55.7 Å². The van der Waals surface area contributed by atoms with Crippen molar-refractivity contribution in [2.24, 2.45) is 0 Å². The van der Waals surface area contributed by atoms with Gasteiger partial charge in [-0.1, -0.05) is 23.7 Å². The van der Waals surface area contributed by atoms with Gasteiger partial charge in [-0.2, -0.15) is 0 Å². The Morgan fingerprint density at radius 3 is 2.73 bits per heavy atom. The van der Waals surface area contributed by atoms with Crippen molar-refractivity contribution in [3.63, 3.8) is 0 Å². The molecular formula is C20H21ClN2O3. The minimum absolute atomic E-state index is 0.0399. The lowest BCUT2D eigenvalue weighted by molar-refractivity contribution is -0.119. The van der Waals surface area contributed by atoms with Crippen LogP contribution >= 0.6 is 11.6 Å². The molecule has 0 aliphatic carbocycles. The Kier molecular flexibility index (Phi) is 5.47. The monoisotopic (exact) mass is 372 g/mol. The van der Waals surface area contributed by atoms with Gasteiger partial charge in [0.2, 0.25) is 5.91 Å². The van der Waals surface area contributed by atoms with Gasteiger partial charge in [-0.15, -0.1) is 0 Å². The number of halogens is 1. The number of ether oxygens (including phenoxy) is 1. The Morgan fingerprint density at radius 2 is 2.12 bits per heavy atom. The third-order valence-corrected chi connectivity index (χ3v) is 4.63. The van der Waals surface area contributed by atoms with Crippen LogP contribution in [0.15, 0.2) is 41.2 Å². The lowest BCUT2D eigenvalue weighted by Gasteiger charge is -2.14. The molecule has 1 atom stereocenters. The molecule has 26 heavy (non-hydrogen) atoms. The summed E-state index contributed by atoms with van der Waals surface area (Å²) >= 11 is 5.86. The molecule has 0 unspecified atom stereocenters. The topological polar surface area (TPSA) is 71.2 Å². The number of rotatable bonds is 5. The third kappa shape index (κ3) is 3.99. The Hall–Kier alpha value is -2.53. The van der Waals surface area contributed by atoms with Crippen LogP contribution in [0.4, 0.5) is 0 Å². The molecule has 0 radical (unpaired) electrons. The van der Waals surface area contributed by atoms with Gasteiger partial charge in [0, 0.05) is 23.7 Å². The van der Waals surface area contributed by atoms with Crippen LogP contribution < -0.4 is 15.6 Å². The summed E-state index contributed by atoms with van der Waals surface area (Å²) in [6, 6.07) is 9.18. The molecule has 3 rings (SSSR count). The van der Waals surface area contributed by atoms with Crippen LogP contribution in [-0.2, 0) is 4.79 Å². The Morgan fingerprint density at radius 1 is 1.31 bits per heavy atom. The van der Waals surface area contributed by atoms with Crippen LogP contribution in [0.5, 0.6) is 5.75 Å². The standard InChI is InChI=1S/C20H21ClN2O3/c1-3-26-18-8-4-13(10-12(18)2)15(11-14-5-9-19(24)22-14)17-7-6-16(21)20(25)23-17/h4,6-8,10-11,14H,3,5,9H2,1-2H3,(H,22,24)(H,23,25)/b15-11+/t14-/m1/s1. The zero-order valence-corrected chi connectivity index (χ0v) is 15.5. The van der Waals surface area contributed by atoms with Gasteiger partial charge < -0.3 is 15.0 Å². The Labute approximate surface area is 157 Å². The van der Waals surface area contributed by atoms with Crippen molar-refractivity contribution in [1.29, 1.82) is 0 Å². The summed E-state index contributed by atoms with van der Waals surface area (Å²) in [6.45, 7) is 4.52. The molecule has 136 valence electrons. The number of carbonyl (C=O) groups excluding carboxylic acids is 1. The first-order chi connectivity index (χ1) is 12.5. The van der Waals surface area contributed by atoms with Crippen molar-refractivity contribution < 1.29 is 9.53 Å². The van der Waals surface area contributed by atoms with E-state index < -0.39 is 0 Å². The fourth-order valence-electron chi connectivity index (χ4n) is 3.05. The van der Waals surface area contributed by atoms with Crippen molar-refractivity contribution in [3.8, 4) is 5.75 Å². The van der Waals surface area contributed by atoms with E-state index in [1.54, 1.807) is 12.1 Å². The molecule has 1 aliphatic heterocycles. The number of amides is 1. The first kappa shape index (κ1) is 18.3. The second-order valence-electron chi connectivity index (χ2n) is 6.26. The largest absolute Gasteiger partial charge is 0.494 e. The maximum atomic E-state index is 12.0. The molecule has 2 aromatic rings. The van der Waals surface area contributed by atoms with Crippen LogP contribution in [-0.4, -0.2) is 23.5 Å². The van der Waals surface area contributed by atoms with Gasteiger partial charge >= 0.3 is 0 Å². The van der Waals surface area contributed by atoms with Crippen molar-refractivity contribution in [2.45, 2.75) is 32.7 Å². The van der Waals surface area contributed by atoms with Crippen LogP contribution in [0.25, 0.3) is 5.57 Å². The van der Waals surface area contributed by atoms with Gasteiger partial charge in [-0.3, -0.25) is 9.59 Å². The van der Waals surface area contributed by atoms with Crippen molar-refractivity contribution >= 4 is 23.1 Å². The summed E-state index contributed by atoms with van der Waals surface area (Å²) in [4.78, 5) is 26.3. The summed E-state index contributed by atoms with van der Waals surface area (Å²) in [5.41, 5.74) is 3.10. The highest BCUT2D eigenvalue weighted by atomic mass is 35.5. The van der Waals surface area contributed by atoms with Gasteiger partial charge in [0.05, 0.1) is 6.61 Å². The first-order valence-corrected chi connectivity index (χ1v) is 9.00. The fourth-order valence-corrected chi connectivity index (χ4v) is 3.16. The number of H-pyrrole nitrogens is 1. The van der Waals surface area contributed by atoms with Crippen LogP contribution in [0, 0.1) is 6.92 Å². The highest BCUT2D eigenvalue weighted by molar-refractivity contribution is 6.30. The average Bonchev–Trinajstić information content (AvgIpc) is 3.02. The number of aryl methyl sites for hydroxylation is 1. The number of aromatic amines is 1. The lowest BCUT2D eigenvalue weighted by Crippen LogP contribution is -2.23. The normalized spacial score (nSPS) is 17.3. The Balaban J connectivity index is 2.06. The van der Waals surface area contributed by atoms with Crippen molar-refractivity contribution in [2.75, 3.05) is 6.61 Å². The molecule has 1 saturated heterocycles. The van der Waals surface area contributed by atoms with Gasteiger partial charge in [0.25, 0.3) is 5.56 Å². The van der Waals surface area contributed by atoms with E-state index in [1.165, 1.54) is 0 Å². The fraction of sp³-hybridized carbons (Fsp3) is 0.300. The number of carbonyl (C=O) groups is 1. The van der Waals surface area contributed by atoms with E-state index in [2.05, 4.69) is 10.3 Å². The quantitative estimate of drug-likeness (QED) is 0.844. The van der Waals surface area contributed by atoms with E-state index in [0.717, 1.165) is 28.9 Å². The van der Waals surface area contributed by atoms with Gasteiger partial charge in [-0.25, -0.2) is 0 Å². The minimum Gasteiger partial charge on any atom is -0.494 e. The van der Waals surface area contributed by atoms with E-state index in [0.29, 0.717) is 18.7 Å². The molecule has 1 amide bonds. The SMILES string of the molecule is CCOc1ccc(/C(=C\[C@H]2CCC(=O)N2)c2ccc(Cl)c(=O)[nH]2)cc1C. The molecule has 2 heterocycles. The molecule has 6 heteroatoms. The number of benzene rings is 1. The summed E-state index contributed by atoms with van der Waals surface area (Å²) < 4.78 is 5.61. The van der Waals surface area contributed by atoms with Crippen LogP contribution in [0.1, 0.15) is 36.6 Å². The van der Waals surface area contributed by atoms with E-state index in [1.807, 2.05) is 38.1 Å². The van der Waals surface area contributed by atoms with Gasteiger partial charge in [0.15, 0.2) is 0 Å². The molecule has 1 aromatic carbocycles. The molecular weight excluding hydrogens is 352 g/mol. The van der Waals surface area contributed by atoms with Crippen LogP contribution in [0.2, 0.25) is 5.02 Å². The molecule has 5 nitrogen and oxygen atoms in total. The number of hydrogen-bond acceptors (Lipinski definition) is 3. The predicted octanol–water partition coefficient (Wildman–Crippen LogP) is 3.45. The predicted molar refractivity (Wildman–Crippen MR) is 103 cm³/mol. The second-order valence-corrected chi connectivity index (χ2v) is 6.66. The van der Waals surface area contributed by atoms with Gasteiger partial charge in [0.1, 0.15) is 10.8 Å². The molecule has 2 N–H and O–H groups in total. The molecule has 0 spiro atoms. The summed E-state index contributed by atoms with van der Waals surface area (Å²) in [6.07, 6.45) is 3.23. The number of nitrogens with one attached hydrogen (secondary N) is 2. The maximum Gasteiger partial charge on any atom is 0.267 e. The highest BCUT2D eigenvalue weighted by Gasteiger charge is 2.20.